The van der Waals surface area contributed by atoms with Crippen molar-refractivity contribution in [3.63, 3.8) is 0 Å². The number of aryl methyl sites for hydroxylation is 1. The number of hydrogen-bond acceptors (Lipinski definition) is 4. The summed E-state index contributed by atoms with van der Waals surface area (Å²) in [5.74, 6) is 0. The van der Waals surface area contributed by atoms with E-state index in [1.807, 2.05) is 12.1 Å². The number of hydrogen-bond donors (Lipinski definition) is 2. The van der Waals surface area contributed by atoms with E-state index >= 15 is 0 Å². The van der Waals surface area contributed by atoms with E-state index in [0.29, 0.717) is 25.1 Å². The molecule has 1 heterocycles. The lowest BCUT2D eigenvalue weighted by molar-refractivity contribution is 0.377. The van der Waals surface area contributed by atoms with Crippen LogP contribution in [0.15, 0.2) is 29.2 Å². The minimum atomic E-state index is -4.27. The van der Waals surface area contributed by atoms with Gasteiger partial charge >= 0.3 is 0 Å². The summed E-state index contributed by atoms with van der Waals surface area (Å²) in [6.45, 7) is 4.88. The molecule has 0 spiro atoms. The lowest BCUT2D eigenvalue weighted by Crippen LogP contribution is -2.31. The number of nitriles is 1. The van der Waals surface area contributed by atoms with Crippen molar-refractivity contribution in [3.8, 4) is 6.07 Å². The van der Waals surface area contributed by atoms with E-state index < -0.39 is 10.1 Å². The van der Waals surface area contributed by atoms with E-state index in [1.165, 1.54) is 12.1 Å². The fraction of sp³-hybridized carbons (Fsp3) is 0.438. The van der Waals surface area contributed by atoms with E-state index in [2.05, 4.69) is 19.2 Å². The lowest BCUT2D eigenvalue weighted by atomic mass is 9.81. The maximum atomic E-state index is 11.7. The van der Waals surface area contributed by atoms with Gasteiger partial charge in [0.15, 0.2) is 0 Å². The van der Waals surface area contributed by atoms with E-state index in [9.17, 15) is 13.0 Å². The molecule has 0 saturated carbocycles. The molecule has 2 rings (SSSR count). The molecule has 1 aliphatic heterocycles. The van der Waals surface area contributed by atoms with Crippen LogP contribution < -0.4 is 5.32 Å². The second-order valence-electron chi connectivity index (χ2n) is 6.37. The normalized spacial score (nSPS) is 16.8. The van der Waals surface area contributed by atoms with Gasteiger partial charge in [0.25, 0.3) is 10.1 Å². The molecule has 0 aliphatic carbocycles. The number of anilines is 1. The second-order valence-corrected chi connectivity index (χ2v) is 7.76. The predicted molar refractivity (Wildman–Crippen MR) is 85.3 cm³/mol. The van der Waals surface area contributed by atoms with Gasteiger partial charge in [-0.05, 0) is 41.9 Å². The Hall–Kier alpha value is -1.84. The molecule has 0 atom stereocenters. The Morgan fingerprint density at radius 2 is 2.18 bits per heavy atom. The van der Waals surface area contributed by atoms with Gasteiger partial charge in [-0.2, -0.15) is 13.7 Å². The first-order valence-corrected chi connectivity index (χ1v) is 8.59. The van der Waals surface area contributed by atoms with E-state index in [-0.39, 0.29) is 10.3 Å². The van der Waals surface area contributed by atoms with Crippen LogP contribution in [0.3, 0.4) is 0 Å². The molecule has 0 aromatic heterocycles. The highest BCUT2D eigenvalue weighted by atomic mass is 32.2. The number of rotatable bonds is 4. The monoisotopic (exact) mass is 320 g/mol. The molecule has 1 aromatic carbocycles. The Balaban J connectivity index is 2.42. The minimum absolute atomic E-state index is 0.0306. The van der Waals surface area contributed by atoms with Gasteiger partial charge in [0.2, 0.25) is 0 Å². The average molecular weight is 320 g/mol. The largest absolute Gasteiger partial charge is 0.383 e. The van der Waals surface area contributed by atoms with E-state index in [1.54, 1.807) is 6.08 Å². The molecule has 1 aromatic rings. The first-order valence-electron chi connectivity index (χ1n) is 7.15. The molecule has 0 fully saturated rings. The minimum Gasteiger partial charge on any atom is -0.383 e. The summed E-state index contributed by atoms with van der Waals surface area (Å²) in [5, 5.41) is 11.6. The fourth-order valence-corrected chi connectivity index (χ4v) is 3.48. The molecule has 0 amide bonds. The van der Waals surface area contributed by atoms with Gasteiger partial charge in [0, 0.05) is 12.6 Å². The van der Waals surface area contributed by atoms with Crippen LogP contribution in [0.25, 0.3) is 0 Å². The van der Waals surface area contributed by atoms with Gasteiger partial charge in [-0.25, -0.2) is 0 Å². The van der Waals surface area contributed by atoms with Crippen LogP contribution in [-0.2, 0) is 23.0 Å². The summed E-state index contributed by atoms with van der Waals surface area (Å²) < 4.78 is 32.8. The highest BCUT2D eigenvalue weighted by molar-refractivity contribution is 7.86. The third-order valence-corrected chi connectivity index (χ3v) is 4.60. The Morgan fingerprint density at radius 1 is 1.45 bits per heavy atom. The molecule has 1 aliphatic rings. The maximum Gasteiger partial charge on any atom is 0.296 e. The van der Waals surface area contributed by atoms with Crippen LogP contribution >= 0.6 is 0 Å². The van der Waals surface area contributed by atoms with Gasteiger partial charge in [-0.15, -0.1) is 0 Å². The maximum absolute atomic E-state index is 11.7. The van der Waals surface area contributed by atoms with Gasteiger partial charge < -0.3 is 5.32 Å². The Morgan fingerprint density at radius 3 is 2.82 bits per heavy atom. The molecule has 118 valence electrons. The summed E-state index contributed by atoms with van der Waals surface area (Å²) >= 11 is 0. The van der Waals surface area contributed by atoms with Crippen molar-refractivity contribution in [1.82, 2.24) is 0 Å². The van der Waals surface area contributed by atoms with Crippen LogP contribution in [0, 0.1) is 16.7 Å². The van der Waals surface area contributed by atoms with Crippen molar-refractivity contribution < 1.29 is 13.0 Å². The van der Waals surface area contributed by atoms with Crippen molar-refractivity contribution in [3.05, 3.63) is 35.4 Å². The zero-order valence-electron chi connectivity index (χ0n) is 12.8. The molecule has 2 N–H and O–H groups in total. The highest BCUT2D eigenvalue weighted by Crippen LogP contribution is 2.37. The highest BCUT2D eigenvalue weighted by Gasteiger charge is 2.29. The van der Waals surface area contributed by atoms with Crippen molar-refractivity contribution in [2.75, 3.05) is 11.9 Å². The number of allylic oxidation sites excluding steroid dienone is 2. The van der Waals surface area contributed by atoms with Crippen LogP contribution in [0.5, 0.6) is 0 Å². The first-order chi connectivity index (χ1) is 10.2. The fourth-order valence-electron chi connectivity index (χ4n) is 2.72. The van der Waals surface area contributed by atoms with Gasteiger partial charge in [0.05, 0.1) is 11.8 Å². The summed E-state index contributed by atoms with van der Waals surface area (Å²) in [4.78, 5) is -0.0558. The van der Waals surface area contributed by atoms with Crippen LogP contribution in [-0.4, -0.2) is 19.5 Å². The lowest BCUT2D eigenvalue weighted by Gasteiger charge is -2.33. The van der Waals surface area contributed by atoms with Gasteiger partial charge in [-0.3, -0.25) is 4.55 Å². The van der Waals surface area contributed by atoms with Crippen LogP contribution in [0.2, 0.25) is 0 Å². The van der Waals surface area contributed by atoms with Gasteiger partial charge in [-0.1, -0.05) is 26.0 Å². The second kappa shape index (κ2) is 6.11. The summed E-state index contributed by atoms with van der Waals surface area (Å²) in [6.07, 6.45) is 5.17. The van der Waals surface area contributed by atoms with E-state index in [0.717, 1.165) is 17.5 Å². The Bertz CT molecular complexity index is 743. The topological polar surface area (TPSA) is 90.2 Å². The molecule has 0 bridgehead atoms. The van der Waals surface area contributed by atoms with Crippen molar-refractivity contribution in [2.45, 2.75) is 38.0 Å². The van der Waals surface area contributed by atoms with Crippen molar-refractivity contribution >= 4 is 15.8 Å². The summed E-state index contributed by atoms with van der Waals surface area (Å²) in [6, 6.07) is 5.42. The SMILES string of the molecule is CC1(C)CNc2c(cc(CCC=CC#N)cc2S(=O)(=O)O)C1. The smallest absolute Gasteiger partial charge is 0.296 e. The van der Waals surface area contributed by atoms with E-state index in [4.69, 9.17) is 5.26 Å². The van der Waals surface area contributed by atoms with Crippen molar-refractivity contribution in [1.29, 1.82) is 5.26 Å². The number of fused-ring (bicyclic) bond motifs is 1. The van der Waals surface area contributed by atoms with Crippen molar-refractivity contribution in [2.24, 2.45) is 5.41 Å². The standard InChI is InChI=1S/C16H20N2O3S/c1-16(2)10-13-8-12(6-4-3-5-7-17)9-14(22(19,20)21)15(13)18-11-16/h3,5,8-9,18H,4,6,10-11H2,1-2H3,(H,19,20,21). The zero-order chi connectivity index (χ0) is 16.4. The molecular weight excluding hydrogens is 300 g/mol. The Kier molecular flexibility index (Phi) is 4.59. The zero-order valence-corrected chi connectivity index (χ0v) is 13.6. The molecule has 5 nitrogen and oxygen atoms in total. The van der Waals surface area contributed by atoms with Crippen LogP contribution in [0.1, 0.15) is 31.4 Å². The summed E-state index contributed by atoms with van der Waals surface area (Å²) in [5.41, 5.74) is 2.29. The molecular formula is C16H20N2O3S. The summed E-state index contributed by atoms with van der Waals surface area (Å²) in [7, 11) is -4.27. The quantitative estimate of drug-likeness (QED) is 0.657. The first kappa shape index (κ1) is 16.5. The number of nitrogens with one attached hydrogen (secondary N) is 1. The number of benzene rings is 1. The molecule has 0 unspecified atom stereocenters. The Labute approximate surface area is 131 Å². The average Bonchev–Trinajstić information content (AvgIpc) is 2.40. The number of nitrogens with zero attached hydrogens (tertiary/aromatic N) is 1. The van der Waals surface area contributed by atoms with Crippen LogP contribution in [0.4, 0.5) is 5.69 Å². The molecule has 0 saturated heterocycles. The third-order valence-electron chi connectivity index (χ3n) is 3.73. The van der Waals surface area contributed by atoms with Gasteiger partial charge in [0.1, 0.15) is 4.90 Å². The molecule has 0 radical (unpaired) electrons. The molecule has 22 heavy (non-hydrogen) atoms. The molecule has 6 heteroatoms. The predicted octanol–water partition coefficient (Wildman–Crippen LogP) is 2.94. The third kappa shape index (κ3) is 3.87.